The van der Waals surface area contributed by atoms with Crippen LogP contribution in [-0.2, 0) is 9.59 Å². The Labute approximate surface area is 209 Å². The molecule has 0 unspecified atom stereocenters. The molecule has 0 aliphatic carbocycles. The number of unbranched alkanes of at least 4 members (excludes halogenated alkanes) is 2. The van der Waals surface area contributed by atoms with E-state index in [0.29, 0.717) is 24.3 Å². The minimum atomic E-state index is -0.169. The van der Waals surface area contributed by atoms with Crippen LogP contribution in [0.3, 0.4) is 0 Å². The molecule has 0 bridgehead atoms. The highest BCUT2D eigenvalue weighted by Gasteiger charge is 2.18. The number of benzene rings is 1. The van der Waals surface area contributed by atoms with Gasteiger partial charge in [-0.1, -0.05) is 40.5 Å². The van der Waals surface area contributed by atoms with Gasteiger partial charge in [0.15, 0.2) is 11.6 Å². The van der Waals surface area contributed by atoms with Gasteiger partial charge < -0.3 is 14.8 Å². The highest BCUT2D eigenvalue weighted by atomic mass is 127. The van der Waals surface area contributed by atoms with Crippen molar-refractivity contribution in [2.45, 2.75) is 72.1 Å². The third-order valence-corrected chi connectivity index (χ3v) is 5.75. The van der Waals surface area contributed by atoms with Gasteiger partial charge in [-0.3, -0.25) is 14.9 Å². The van der Waals surface area contributed by atoms with Gasteiger partial charge in [-0.2, -0.15) is 4.98 Å². The maximum absolute atomic E-state index is 12.4. The summed E-state index contributed by atoms with van der Waals surface area (Å²) in [4.78, 5) is 33.2. The van der Waals surface area contributed by atoms with Crippen LogP contribution in [0.2, 0.25) is 0 Å². The fourth-order valence-electron chi connectivity index (χ4n) is 3.02. The Balaban J connectivity index is 2.39. The monoisotopic (exact) mass is 568 g/mol. The number of nitrogens with one attached hydrogen (secondary N) is 2. The van der Waals surface area contributed by atoms with Gasteiger partial charge >= 0.3 is 0 Å². The van der Waals surface area contributed by atoms with Crippen LogP contribution in [0.4, 0.5) is 11.8 Å². The number of halogens is 1. The van der Waals surface area contributed by atoms with Gasteiger partial charge in [0.05, 0.1) is 16.9 Å². The first-order valence-corrected chi connectivity index (χ1v) is 12.4. The van der Waals surface area contributed by atoms with Crippen molar-refractivity contribution in [3.8, 4) is 17.2 Å². The zero-order valence-electron chi connectivity index (χ0n) is 20.0. The normalized spacial score (nSPS) is 10.8. The van der Waals surface area contributed by atoms with Gasteiger partial charge in [-0.25, -0.2) is 4.98 Å². The summed E-state index contributed by atoms with van der Waals surface area (Å²) in [6, 6.07) is 3.84. The Kier molecular flexibility index (Phi) is 10.8. The number of carbonyl (C=O) groups excluding carboxylic acids is 2. The molecular formula is C24H33IN4O4. The second-order valence-electron chi connectivity index (χ2n) is 7.99. The molecule has 0 spiro atoms. The summed E-state index contributed by atoms with van der Waals surface area (Å²) in [5, 5.41) is 5.51. The standard InChI is InChI=1S/C24H33IN4O4/c1-6-8-10-21(30)27-23-20(14-26-24(29-23)28-22(31)11-9-7-2)33-18-13-17(25)19(32-5)12-16(18)15(3)4/h12-15H,6-11H2,1-5H3,(H2,26,27,28,29,30,31). The second kappa shape index (κ2) is 13.3. The van der Waals surface area contributed by atoms with Crippen molar-refractivity contribution in [2.75, 3.05) is 17.7 Å². The molecule has 2 aromatic rings. The van der Waals surface area contributed by atoms with Crippen LogP contribution >= 0.6 is 22.6 Å². The van der Waals surface area contributed by atoms with E-state index in [2.05, 4.69) is 57.0 Å². The molecule has 1 aromatic heterocycles. The number of hydrogen-bond donors (Lipinski definition) is 2. The molecule has 180 valence electrons. The highest BCUT2D eigenvalue weighted by molar-refractivity contribution is 14.1. The van der Waals surface area contributed by atoms with Crippen LogP contribution in [0.1, 0.15) is 77.7 Å². The zero-order valence-corrected chi connectivity index (χ0v) is 22.1. The Morgan fingerprint density at radius 1 is 1.00 bits per heavy atom. The van der Waals surface area contributed by atoms with Gasteiger partial charge in [0.25, 0.3) is 0 Å². The smallest absolute Gasteiger partial charge is 0.231 e. The average Bonchev–Trinajstić information content (AvgIpc) is 2.77. The molecule has 0 fully saturated rings. The summed E-state index contributed by atoms with van der Waals surface area (Å²) >= 11 is 2.19. The van der Waals surface area contributed by atoms with E-state index >= 15 is 0 Å². The summed E-state index contributed by atoms with van der Waals surface area (Å²) < 4.78 is 12.5. The Hall–Kier alpha value is -2.43. The molecule has 8 nitrogen and oxygen atoms in total. The van der Waals surface area contributed by atoms with Crippen LogP contribution in [0.5, 0.6) is 17.2 Å². The molecule has 1 heterocycles. The quantitative estimate of drug-likeness (QED) is 0.293. The van der Waals surface area contributed by atoms with Gasteiger partial charge in [0, 0.05) is 18.4 Å². The zero-order chi connectivity index (χ0) is 24.4. The van der Waals surface area contributed by atoms with Gasteiger partial charge in [0.2, 0.25) is 17.8 Å². The average molecular weight is 568 g/mol. The molecule has 2 N–H and O–H groups in total. The number of rotatable bonds is 12. The number of carbonyl (C=O) groups is 2. The fraction of sp³-hybridized carbons (Fsp3) is 0.500. The molecule has 0 saturated carbocycles. The van der Waals surface area contributed by atoms with E-state index in [1.54, 1.807) is 7.11 Å². The van der Waals surface area contributed by atoms with Crippen LogP contribution in [-0.4, -0.2) is 28.9 Å². The minimum absolute atomic E-state index is 0.127. The molecule has 9 heteroatoms. The lowest BCUT2D eigenvalue weighted by molar-refractivity contribution is -0.117. The molecule has 0 atom stereocenters. The number of ether oxygens (including phenoxy) is 2. The number of aromatic nitrogens is 2. The molecule has 0 aliphatic heterocycles. The molecule has 33 heavy (non-hydrogen) atoms. The number of amides is 2. The van der Waals surface area contributed by atoms with Gasteiger partial charge in [-0.05, 0) is 53.5 Å². The van der Waals surface area contributed by atoms with E-state index in [4.69, 9.17) is 9.47 Å². The van der Waals surface area contributed by atoms with Gasteiger partial charge in [0.1, 0.15) is 11.5 Å². The molecule has 0 aliphatic rings. The summed E-state index contributed by atoms with van der Waals surface area (Å²) in [5.41, 5.74) is 0.951. The lowest BCUT2D eigenvalue weighted by atomic mass is 10.0. The fourth-order valence-corrected chi connectivity index (χ4v) is 3.68. The van der Waals surface area contributed by atoms with E-state index in [1.807, 2.05) is 26.0 Å². The number of nitrogens with zero attached hydrogens (tertiary/aromatic N) is 2. The van der Waals surface area contributed by atoms with E-state index < -0.39 is 0 Å². The Morgan fingerprint density at radius 3 is 2.21 bits per heavy atom. The van der Waals surface area contributed by atoms with E-state index in [0.717, 1.165) is 40.6 Å². The first kappa shape index (κ1) is 26.8. The molecule has 2 rings (SSSR count). The number of methoxy groups -OCH3 is 1. The Bertz CT molecular complexity index is 966. The van der Waals surface area contributed by atoms with E-state index in [-0.39, 0.29) is 29.5 Å². The number of anilines is 2. The predicted molar refractivity (Wildman–Crippen MR) is 138 cm³/mol. The topological polar surface area (TPSA) is 102 Å². The maximum Gasteiger partial charge on any atom is 0.231 e. The van der Waals surface area contributed by atoms with Crippen molar-refractivity contribution in [3.63, 3.8) is 0 Å². The number of hydrogen-bond acceptors (Lipinski definition) is 6. The molecule has 2 amide bonds. The molecular weight excluding hydrogens is 535 g/mol. The second-order valence-corrected chi connectivity index (χ2v) is 9.15. The predicted octanol–water partition coefficient (Wildman–Crippen LogP) is 6.26. The van der Waals surface area contributed by atoms with Crippen LogP contribution in [0, 0.1) is 3.57 Å². The summed E-state index contributed by atoms with van der Waals surface area (Å²) in [6.07, 6.45) is 5.59. The van der Waals surface area contributed by atoms with Gasteiger partial charge in [-0.15, -0.1) is 0 Å². The third kappa shape index (κ3) is 8.13. The summed E-state index contributed by atoms with van der Waals surface area (Å²) in [6.45, 7) is 8.17. The molecule has 0 radical (unpaired) electrons. The van der Waals surface area contributed by atoms with Crippen LogP contribution in [0.25, 0.3) is 0 Å². The van der Waals surface area contributed by atoms with Crippen molar-refractivity contribution in [1.29, 1.82) is 0 Å². The Morgan fingerprint density at radius 2 is 1.64 bits per heavy atom. The maximum atomic E-state index is 12.4. The lowest BCUT2D eigenvalue weighted by Gasteiger charge is -2.18. The van der Waals surface area contributed by atoms with Crippen molar-refractivity contribution in [3.05, 3.63) is 27.5 Å². The molecule has 0 saturated heterocycles. The van der Waals surface area contributed by atoms with Crippen LogP contribution < -0.4 is 20.1 Å². The largest absolute Gasteiger partial charge is 0.496 e. The van der Waals surface area contributed by atoms with E-state index in [9.17, 15) is 9.59 Å². The lowest BCUT2D eigenvalue weighted by Crippen LogP contribution is -2.17. The SMILES string of the molecule is CCCCC(=O)Nc1ncc(Oc2cc(I)c(OC)cc2C(C)C)c(NC(=O)CCCC)n1. The van der Waals surface area contributed by atoms with Crippen molar-refractivity contribution in [1.82, 2.24) is 9.97 Å². The van der Waals surface area contributed by atoms with Crippen molar-refractivity contribution >= 4 is 46.2 Å². The van der Waals surface area contributed by atoms with Crippen LogP contribution in [0.15, 0.2) is 18.3 Å². The minimum Gasteiger partial charge on any atom is -0.496 e. The third-order valence-electron chi connectivity index (χ3n) is 4.91. The van der Waals surface area contributed by atoms with Crippen molar-refractivity contribution in [2.24, 2.45) is 0 Å². The molecule has 1 aromatic carbocycles. The highest BCUT2D eigenvalue weighted by Crippen LogP contribution is 2.38. The summed E-state index contributed by atoms with van der Waals surface area (Å²) in [5.74, 6) is 1.88. The first-order valence-electron chi connectivity index (χ1n) is 11.3. The van der Waals surface area contributed by atoms with E-state index in [1.165, 1.54) is 6.20 Å². The summed E-state index contributed by atoms with van der Waals surface area (Å²) in [7, 11) is 1.63. The first-order chi connectivity index (χ1) is 15.8. The van der Waals surface area contributed by atoms with Crippen molar-refractivity contribution < 1.29 is 19.1 Å².